The summed E-state index contributed by atoms with van der Waals surface area (Å²) in [6, 6.07) is 17.2. The van der Waals surface area contributed by atoms with E-state index in [9.17, 15) is 18.5 Å². The summed E-state index contributed by atoms with van der Waals surface area (Å²) in [6.45, 7) is 0. The maximum Gasteiger partial charge on any atom is 0.269 e. The SMILES string of the molecule is O=[N+]([O-])c1ccc(S(=O)(=O)Nc2ccc3oc4ccccc4c3c2)cc1. The molecule has 3 aromatic carbocycles. The third-order valence-electron chi connectivity index (χ3n) is 3.99. The van der Waals surface area contributed by atoms with E-state index in [0.717, 1.165) is 28.5 Å². The minimum absolute atomic E-state index is 0.0553. The van der Waals surface area contributed by atoms with Crippen LogP contribution in [0.3, 0.4) is 0 Å². The van der Waals surface area contributed by atoms with E-state index in [4.69, 9.17) is 4.42 Å². The van der Waals surface area contributed by atoms with Gasteiger partial charge in [0.05, 0.1) is 9.82 Å². The van der Waals surface area contributed by atoms with Crippen molar-refractivity contribution in [2.45, 2.75) is 4.90 Å². The molecule has 0 unspecified atom stereocenters. The average molecular weight is 368 g/mol. The molecule has 1 N–H and O–H groups in total. The van der Waals surface area contributed by atoms with E-state index in [0.29, 0.717) is 11.3 Å². The highest BCUT2D eigenvalue weighted by Crippen LogP contribution is 2.31. The molecule has 26 heavy (non-hydrogen) atoms. The van der Waals surface area contributed by atoms with E-state index in [1.54, 1.807) is 18.2 Å². The highest BCUT2D eigenvalue weighted by atomic mass is 32.2. The number of nitro benzene ring substituents is 1. The summed E-state index contributed by atoms with van der Waals surface area (Å²) in [5.41, 5.74) is 1.58. The van der Waals surface area contributed by atoms with Crippen molar-refractivity contribution in [3.05, 3.63) is 76.8 Å². The van der Waals surface area contributed by atoms with Gasteiger partial charge in [-0.15, -0.1) is 0 Å². The summed E-state index contributed by atoms with van der Waals surface area (Å²) in [7, 11) is -3.86. The lowest BCUT2D eigenvalue weighted by molar-refractivity contribution is -0.384. The molecule has 4 aromatic rings. The molecule has 8 heteroatoms. The fourth-order valence-corrected chi connectivity index (χ4v) is 3.80. The molecule has 0 aliphatic rings. The molecule has 0 bridgehead atoms. The van der Waals surface area contributed by atoms with Crippen LogP contribution in [0.5, 0.6) is 0 Å². The fraction of sp³-hybridized carbons (Fsp3) is 0. The number of para-hydroxylation sites is 1. The van der Waals surface area contributed by atoms with Gasteiger partial charge in [-0.25, -0.2) is 8.42 Å². The Morgan fingerprint density at radius 3 is 2.31 bits per heavy atom. The van der Waals surface area contributed by atoms with Crippen molar-refractivity contribution in [1.82, 2.24) is 0 Å². The first-order chi connectivity index (χ1) is 12.4. The lowest BCUT2D eigenvalue weighted by Crippen LogP contribution is -2.12. The Kier molecular flexibility index (Phi) is 3.62. The highest BCUT2D eigenvalue weighted by molar-refractivity contribution is 7.92. The number of hydrogen-bond acceptors (Lipinski definition) is 5. The highest BCUT2D eigenvalue weighted by Gasteiger charge is 2.17. The van der Waals surface area contributed by atoms with E-state index in [2.05, 4.69) is 4.72 Å². The van der Waals surface area contributed by atoms with Crippen molar-refractivity contribution < 1.29 is 17.8 Å². The molecule has 7 nitrogen and oxygen atoms in total. The molecule has 1 aromatic heterocycles. The van der Waals surface area contributed by atoms with Crippen LogP contribution in [0.2, 0.25) is 0 Å². The van der Waals surface area contributed by atoms with E-state index in [1.165, 1.54) is 12.1 Å². The second-order valence-corrected chi connectivity index (χ2v) is 7.35. The van der Waals surface area contributed by atoms with Crippen LogP contribution in [-0.4, -0.2) is 13.3 Å². The molecule has 0 aliphatic carbocycles. The van der Waals surface area contributed by atoms with Gasteiger partial charge in [0.25, 0.3) is 15.7 Å². The van der Waals surface area contributed by atoms with Gasteiger partial charge in [0.15, 0.2) is 0 Å². The van der Waals surface area contributed by atoms with Crippen LogP contribution < -0.4 is 4.72 Å². The molecule has 0 fully saturated rings. The molecule has 0 spiro atoms. The van der Waals surface area contributed by atoms with E-state index in [1.807, 2.05) is 24.3 Å². The number of rotatable bonds is 4. The number of non-ortho nitro benzene ring substituents is 1. The molecule has 1 heterocycles. The molecule has 0 radical (unpaired) electrons. The summed E-state index contributed by atoms with van der Waals surface area (Å²) in [5.74, 6) is 0. The molecule has 0 atom stereocenters. The summed E-state index contributed by atoms with van der Waals surface area (Å²) < 4.78 is 33.2. The summed E-state index contributed by atoms with van der Waals surface area (Å²) in [4.78, 5) is 10.1. The van der Waals surface area contributed by atoms with Crippen LogP contribution in [0.1, 0.15) is 0 Å². The van der Waals surface area contributed by atoms with E-state index < -0.39 is 14.9 Å². The van der Waals surface area contributed by atoms with Crippen LogP contribution in [0.15, 0.2) is 76.0 Å². The first kappa shape index (κ1) is 16.1. The Hall–Kier alpha value is -3.39. The van der Waals surface area contributed by atoms with Gasteiger partial charge in [-0.2, -0.15) is 0 Å². The van der Waals surface area contributed by atoms with Gasteiger partial charge in [-0.3, -0.25) is 14.8 Å². The smallest absolute Gasteiger partial charge is 0.269 e. The topological polar surface area (TPSA) is 102 Å². The molecule has 0 saturated heterocycles. The predicted octanol–water partition coefficient (Wildman–Crippen LogP) is 4.30. The summed E-state index contributed by atoms with van der Waals surface area (Å²) in [6.07, 6.45) is 0. The number of nitro groups is 1. The zero-order valence-electron chi connectivity index (χ0n) is 13.2. The number of nitrogens with zero attached hydrogens (tertiary/aromatic N) is 1. The zero-order chi connectivity index (χ0) is 18.3. The van der Waals surface area contributed by atoms with E-state index >= 15 is 0 Å². The van der Waals surface area contributed by atoms with Gasteiger partial charge < -0.3 is 4.42 Å². The summed E-state index contributed by atoms with van der Waals surface area (Å²) in [5, 5.41) is 12.4. The van der Waals surface area contributed by atoms with Crippen molar-refractivity contribution in [2.24, 2.45) is 0 Å². The average Bonchev–Trinajstić information content (AvgIpc) is 2.99. The zero-order valence-corrected chi connectivity index (χ0v) is 14.1. The Morgan fingerprint density at radius 2 is 1.58 bits per heavy atom. The number of anilines is 1. The molecular formula is C18H12N2O5S. The normalized spacial score (nSPS) is 11.7. The number of furan rings is 1. The van der Waals surface area contributed by atoms with Gasteiger partial charge >= 0.3 is 0 Å². The van der Waals surface area contributed by atoms with Crippen molar-refractivity contribution >= 4 is 43.3 Å². The van der Waals surface area contributed by atoms with E-state index in [-0.39, 0.29) is 10.6 Å². The van der Waals surface area contributed by atoms with Gasteiger partial charge in [0, 0.05) is 28.6 Å². The molecule has 0 saturated carbocycles. The van der Waals surface area contributed by atoms with Crippen LogP contribution in [0, 0.1) is 10.1 Å². The van der Waals surface area contributed by atoms with Crippen molar-refractivity contribution in [3.8, 4) is 0 Å². The standard InChI is InChI=1S/C18H12N2O5S/c21-20(22)13-6-8-14(9-7-13)26(23,24)19-12-5-10-18-16(11-12)15-3-1-2-4-17(15)25-18/h1-11,19H. The quantitative estimate of drug-likeness (QED) is 0.427. The minimum atomic E-state index is -3.86. The lowest BCUT2D eigenvalue weighted by atomic mass is 10.1. The second kappa shape index (κ2) is 5.85. The van der Waals surface area contributed by atoms with Gasteiger partial charge in [-0.1, -0.05) is 18.2 Å². The molecule has 130 valence electrons. The predicted molar refractivity (Wildman–Crippen MR) is 97.6 cm³/mol. The fourth-order valence-electron chi connectivity index (χ4n) is 2.75. The van der Waals surface area contributed by atoms with Crippen molar-refractivity contribution in [1.29, 1.82) is 0 Å². The Labute approximate surface area is 148 Å². The first-order valence-electron chi connectivity index (χ1n) is 7.63. The number of nitrogens with one attached hydrogen (secondary N) is 1. The van der Waals surface area contributed by atoms with Crippen molar-refractivity contribution in [3.63, 3.8) is 0 Å². The first-order valence-corrected chi connectivity index (χ1v) is 9.11. The Morgan fingerprint density at radius 1 is 0.885 bits per heavy atom. The van der Waals surface area contributed by atoms with Crippen molar-refractivity contribution in [2.75, 3.05) is 4.72 Å². The van der Waals surface area contributed by atoms with Gasteiger partial charge in [0.2, 0.25) is 0 Å². The monoisotopic (exact) mass is 368 g/mol. The molecular weight excluding hydrogens is 356 g/mol. The molecule has 0 aliphatic heterocycles. The maximum atomic E-state index is 12.5. The minimum Gasteiger partial charge on any atom is -0.456 e. The Bertz CT molecular complexity index is 1240. The van der Waals surface area contributed by atoms with Crippen LogP contribution >= 0.6 is 0 Å². The van der Waals surface area contributed by atoms with Crippen LogP contribution in [-0.2, 0) is 10.0 Å². The number of benzene rings is 3. The number of fused-ring (bicyclic) bond motifs is 3. The number of sulfonamides is 1. The second-order valence-electron chi connectivity index (χ2n) is 5.67. The third kappa shape index (κ3) is 2.76. The molecule has 4 rings (SSSR count). The van der Waals surface area contributed by atoms with Gasteiger partial charge in [0.1, 0.15) is 11.2 Å². The van der Waals surface area contributed by atoms with Gasteiger partial charge in [-0.05, 0) is 36.4 Å². The number of hydrogen-bond donors (Lipinski definition) is 1. The third-order valence-corrected chi connectivity index (χ3v) is 5.38. The van der Waals surface area contributed by atoms with Crippen LogP contribution in [0.25, 0.3) is 21.9 Å². The summed E-state index contributed by atoms with van der Waals surface area (Å²) >= 11 is 0. The Balaban J connectivity index is 1.71. The largest absolute Gasteiger partial charge is 0.456 e. The maximum absolute atomic E-state index is 12.5. The molecule has 0 amide bonds. The lowest BCUT2D eigenvalue weighted by Gasteiger charge is -2.08. The van der Waals surface area contributed by atoms with Crippen LogP contribution in [0.4, 0.5) is 11.4 Å².